The van der Waals surface area contributed by atoms with Crippen molar-refractivity contribution in [2.24, 2.45) is 0 Å². The highest BCUT2D eigenvalue weighted by molar-refractivity contribution is 5.50. The van der Waals surface area contributed by atoms with Gasteiger partial charge in [0.25, 0.3) is 11.4 Å². The van der Waals surface area contributed by atoms with Crippen molar-refractivity contribution in [2.75, 3.05) is 0 Å². The standard InChI is InChI=1S/C11H10N2O4/c1-4-11(2,3)8-5-9(12(14)15)7-10(6-8)13(16)17/h1,5-7H,2-3H3. The second kappa shape index (κ2) is 4.22. The molecular weight excluding hydrogens is 224 g/mol. The first-order chi connectivity index (χ1) is 7.77. The van der Waals surface area contributed by atoms with Crippen LogP contribution in [0.25, 0.3) is 0 Å². The van der Waals surface area contributed by atoms with Gasteiger partial charge in [-0.1, -0.05) is 5.92 Å². The summed E-state index contributed by atoms with van der Waals surface area (Å²) in [6, 6.07) is 3.43. The number of terminal acetylenes is 1. The number of non-ortho nitro benzene ring substituents is 2. The first-order valence-corrected chi connectivity index (χ1v) is 4.70. The molecule has 0 atom stereocenters. The van der Waals surface area contributed by atoms with Crippen LogP contribution in [0.5, 0.6) is 0 Å². The molecule has 0 aliphatic heterocycles. The number of rotatable bonds is 3. The van der Waals surface area contributed by atoms with Crippen molar-refractivity contribution in [3.05, 3.63) is 44.0 Å². The summed E-state index contributed by atoms with van der Waals surface area (Å²) in [6.07, 6.45) is 5.30. The molecule has 0 radical (unpaired) electrons. The lowest BCUT2D eigenvalue weighted by atomic mass is 9.85. The van der Waals surface area contributed by atoms with E-state index in [0.717, 1.165) is 6.07 Å². The van der Waals surface area contributed by atoms with Crippen LogP contribution in [0.2, 0.25) is 0 Å². The number of nitrogens with zero attached hydrogens (tertiary/aromatic N) is 2. The Hall–Kier alpha value is -2.42. The Morgan fingerprint density at radius 3 is 1.82 bits per heavy atom. The van der Waals surface area contributed by atoms with Crippen molar-refractivity contribution < 1.29 is 9.85 Å². The highest BCUT2D eigenvalue weighted by atomic mass is 16.6. The second-order valence-corrected chi connectivity index (χ2v) is 4.02. The summed E-state index contributed by atoms with van der Waals surface area (Å²) in [5, 5.41) is 21.3. The third kappa shape index (κ3) is 2.58. The predicted molar refractivity (Wildman–Crippen MR) is 61.6 cm³/mol. The van der Waals surface area contributed by atoms with E-state index in [0.29, 0.717) is 5.56 Å². The Kier molecular flexibility index (Phi) is 3.14. The van der Waals surface area contributed by atoms with Crippen LogP contribution in [0.15, 0.2) is 18.2 Å². The minimum atomic E-state index is -0.795. The van der Waals surface area contributed by atoms with Gasteiger partial charge in [0.1, 0.15) is 0 Å². The molecular formula is C11H10N2O4. The molecule has 0 bridgehead atoms. The average molecular weight is 234 g/mol. The molecule has 1 aromatic rings. The van der Waals surface area contributed by atoms with E-state index >= 15 is 0 Å². The van der Waals surface area contributed by atoms with E-state index in [-0.39, 0.29) is 11.4 Å². The molecule has 1 aromatic carbocycles. The summed E-state index contributed by atoms with van der Waals surface area (Å²) in [5.74, 6) is 2.44. The van der Waals surface area contributed by atoms with Crippen LogP contribution in [-0.2, 0) is 5.41 Å². The summed E-state index contributed by atoms with van der Waals surface area (Å²) in [7, 11) is 0. The zero-order valence-electron chi connectivity index (χ0n) is 9.34. The van der Waals surface area contributed by atoms with E-state index < -0.39 is 15.3 Å². The first-order valence-electron chi connectivity index (χ1n) is 4.70. The van der Waals surface area contributed by atoms with E-state index in [9.17, 15) is 20.2 Å². The van der Waals surface area contributed by atoms with Crippen LogP contribution in [-0.4, -0.2) is 9.85 Å². The third-order valence-electron chi connectivity index (χ3n) is 2.41. The quantitative estimate of drug-likeness (QED) is 0.456. The number of hydrogen-bond donors (Lipinski definition) is 0. The molecule has 0 saturated heterocycles. The normalized spacial score (nSPS) is 10.6. The molecule has 88 valence electrons. The van der Waals surface area contributed by atoms with Gasteiger partial charge in [-0.15, -0.1) is 6.42 Å². The predicted octanol–water partition coefficient (Wildman–Crippen LogP) is 2.41. The minimum absolute atomic E-state index is 0.336. The van der Waals surface area contributed by atoms with Crippen molar-refractivity contribution in [1.82, 2.24) is 0 Å². The highest BCUT2D eigenvalue weighted by Crippen LogP contribution is 2.30. The van der Waals surface area contributed by atoms with Gasteiger partial charge in [-0.25, -0.2) is 0 Å². The Balaban J connectivity index is 3.48. The minimum Gasteiger partial charge on any atom is -0.258 e. The van der Waals surface area contributed by atoms with Gasteiger partial charge in [-0.05, 0) is 19.4 Å². The summed E-state index contributed by atoms with van der Waals surface area (Å²) in [6.45, 7) is 3.32. The molecule has 0 saturated carbocycles. The fourth-order valence-corrected chi connectivity index (χ4v) is 1.25. The van der Waals surface area contributed by atoms with Crippen LogP contribution in [0.4, 0.5) is 11.4 Å². The van der Waals surface area contributed by atoms with Crippen LogP contribution < -0.4 is 0 Å². The Morgan fingerprint density at radius 2 is 1.53 bits per heavy atom. The lowest BCUT2D eigenvalue weighted by Crippen LogP contribution is -2.14. The fourth-order valence-electron chi connectivity index (χ4n) is 1.25. The van der Waals surface area contributed by atoms with Gasteiger partial charge in [0.2, 0.25) is 0 Å². The van der Waals surface area contributed by atoms with Crippen molar-refractivity contribution in [3.63, 3.8) is 0 Å². The van der Waals surface area contributed by atoms with Crippen LogP contribution in [0, 0.1) is 32.6 Å². The van der Waals surface area contributed by atoms with Gasteiger partial charge in [-0.2, -0.15) is 0 Å². The van der Waals surface area contributed by atoms with E-state index in [4.69, 9.17) is 6.42 Å². The van der Waals surface area contributed by atoms with Gasteiger partial charge >= 0.3 is 0 Å². The van der Waals surface area contributed by atoms with Gasteiger partial charge in [0, 0.05) is 12.1 Å². The van der Waals surface area contributed by atoms with Gasteiger partial charge < -0.3 is 0 Å². The van der Waals surface area contributed by atoms with Gasteiger partial charge in [0.15, 0.2) is 0 Å². The molecule has 6 nitrogen and oxygen atoms in total. The summed E-state index contributed by atoms with van der Waals surface area (Å²) in [5.41, 5.74) is -1.09. The molecule has 0 heterocycles. The number of benzene rings is 1. The van der Waals surface area contributed by atoms with Crippen molar-refractivity contribution >= 4 is 11.4 Å². The van der Waals surface area contributed by atoms with E-state index in [1.807, 2.05) is 0 Å². The molecule has 0 aliphatic rings. The monoisotopic (exact) mass is 234 g/mol. The Bertz CT molecular complexity index is 497. The lowest BCUT2D eigenvalue weighted by molar-refractivity contribution is -0.394. The molecule has 1 rings (SSSR count). The molecule has 6 heteroatoms. The molecule has 0 unspecified atom stereocenters. The maximum absolute atomic E-state index is 10.7. The highest BCUT2D eigenvalue weighted by Gasteiger charge is 2.24. The summed E-state index contributed by atoms with van der Waals surface area (Å²) in [4.78, 5) is 20.0. The number of nitro benzene ring substituents is 2. The van der Waals surface area contributed by atoms with Crippen LogP contribution >= 0.6 is 0 Å². The molecule has 0 fully saturated rings. The lowest BCUT2D eigenvalue weighted by Gasteiger charge is -2.17. The van der Waals surface area contributed by atoms with Gasteiger partial charge in [0.05, 0.1) is 21.3 Å². The maximum Gasteiger partial charge on any atom is 0.276 e. The summed E-state index contributed by atoms with van der Waals surface area (Å²) >= 11 is 0. The molecule has 0 aromatic heterocycles. The van der Waals surface area contributed by atoms with E-state index in [1.54, 1.807) is 13.8 Å². The second-order valence-electron chi connectivity index (χ2n) is 4.02. The molecule has 0 N–H and O–H groups in total. The third-order valence-corrected chi connectivity index (χ3v) is 2.41. The van der Waals surface area contributed by atoms with Crippen LogP contribution in [0.3, 0.4) is 0 Å². The zero-order chi connectivity index (χ0) is 13.2. The fraction of sp³-hybridized carbons (Fsp3) is 0.273. The maximum atomic E-state index is 10.7. The SMILES string of the molecule is C#CC(C)(C)c1cc([N+](=O)[O-])cc([N+](=O)[O-])c1. The molecule has 17 heavy (non-hydrogen) atoms. The summed E-state index contributed by atoms with van der Waals surface area (Å²) < 4.78 is 0. The topological polar surface area (TPSA) is 86.3 Å². The van der Waals surface area contributed by atoms with E-state index in [2.05, 4.69) is 5.92 Å². The van der Waals surface area contributed by atoms with Crippen molar-refractivity contribution in [3.8, 4) is 12.3 Å². The van der Waals surface area contributed by atoms with Crippen molar-refractivity contribution in [1.29, 1.82) is 0 Å². The largest absolute Gasteiger partial charge is 0.276 e. The smallest absolute Gasteiger partial charge is 0.258 e. The van der Waals surface area contributed by atoms with Crippen molar-refractivity contribution in [2.45, 2.75) is 19.3 Å². The Morgan fingerprint density at radius 1 is 1.12 bits per heavy atom. The average Bonchev–Trinajstić information content (AvgIpc) is 2.28. The number of hydrogen-bond acceptors (Lipinski definition) is 4. The molecule has 0 amide bonds. The van der Waals surface area contributed by atoms with E-state index in [1.165, 1.54) is 12.1 Å². The first kappa shape index (κ1) is 12.6. The molecule has 0 aliphatic carbocycles. The zero-order valence-corrected chi connectivity index (χ0v) is 9.34. The molecule has 0 spiro atoms. The van der Waals surface area contributed by atoms with Crippen LogP contribution in [0.1, 0.15) is 19.4 Å². The Labute approximate surface area is 97.6 Å². The number of nitro groups is 2. The van der Waals surface area contributed by atoms with Gasteiger partial charge in [-0.3, -0.25) is 20.2 Å².